The predicted molar refractivity (Wildman–Crippen MR) is 54.6 cm³/mol. The normalized spacial score (nSPS) is 11.1. The molecule has 0 aliphatic heterocycles. The molecule has 3 nitrogen and oxygen atoms in total. The summed E-state index contributed by atoms with van der Waals surface area (Å²) in [5, 5.41) is 8.73. The zero-order chi connectivity index (χ0) is 9.94. The van der Waals surface area contributed by atoms with E-state index >= 15 is 0 Å². The van der Waals surface area contributed by atoms with Gasteiger partial charge in [0.15, 0.2) is 0 Å². The molecule has 0 atom stereocenters. The highest BCUT2D eigenvalue weighted by Gasteiger charge is 1.99. The van der Waals surface area contributed by atoms with Crippen LogP contribution >= 0.6 is 0 Å². The summed E-state index contributed by atoms with van der Waals surface area (Å²) in [5.41, 5.74) is 0. The van der Waals surface area contributed by atoms with Gasteiger partial charge in [0.1, 0.15) is 0 Å². The van der Waals surface area contributed by atoms with Gasteiger partial charge < -0.3 is 14.7 Å². The lowest BCUT2D eigenvalue weighted by atomic mass is 10.4. The van der Waals surface area contributed by atoms with E-state index in [9.17, 15) is 0 Å². The highest BCUT2D eigenvalue weighted by Crippen LogP contribution is 1.92. The SMILES string of the molecule is [CH2]CCOCCCN(CC)CCO. The zero-order valence-electron chi connectivity index (χ0n) is 8.67. The van der Waals surface area contributed by atoms with Crippen molar-refractivity contribution in [3.05, 3.63) is 6.92 Å². The van der Waals surface area contributed by atoms with Gasteiger partial charge in [0.2, 0.25) is 0 Å². The molecule has 0 rings (SSSR count). The van der Waals surface area contributed by atoms with E-state index < -0.39 is 0 Å². The molecule has 1 N–H and O–H groups in total. The molecule has 0 spiro atoms. The van der Waals surface area contributed by atoms with Crippen molar-refractivity contribution in [2.75, 3.05) is 39.5 Å². The first-order valence-corrected chi connectivity index (χ1v) is 5.05. The highest BCUT2D eigenvalue weighted by molar-refractivity contribution is 4.53. The summed E-state index contributed by atoms with van der Waals surface area (Å²) in [5.74, 6) is 0. The maximum Gasteiger partial charge on any atom is 0.0558 e. The number of hydrogen-bond acceptors (Lipinski definition) is 3. The van der Waals surface area contributed by atoms with E-state index in [1.807, 2.05) is 0 Å². The molecule has 1 radical (unpaired) electrons. The lowest BCUT2D eigenvalue weighted by Crippen LogP contribution is -2.28. The van der Waals surface area contributed by atoms with Gasteiger partial charge in [0, 0.05) is 26.3 Å². The van der Waals surface area contributed by atoms with E-state index in [4.69, 9.17) is 9.84 Å². The standard InChI is InChI=1S/C10H22NO2/c1-3-9-13-10-5-6-11(4-2)7-8-12/h12H,1,3-10H2,2H3. The second kappa shape index (κ2) is 9.96. The molecule has 0 aliphatic rings. The minimum Gasteiger partial charge on any atom is -0.395 e. The summed E-state index contributed by atoms with van der Waals surface area (Å²) in [6.45, 7) is 10.4. The topological polar surface area (TPSA) is 32.7 Å². The quantitative estimate of drug-likeness (QED) is 0.546. The fraction of sp³-hybridized carbons (Fsp3) is 0.900. The molecule has 0 bridgehead atoms. The number of rotatable bonds is 9. The summed E-state index contributed by atoms with van der Waals surface area (Å²) >= 11 is 0. The zero-order valence-corrected chi connectivity index (χ0v) is 8.67. The number of aliphatic hydroxyl groups is 1. The third-order valence-electron chi connectivity index (χ3n) is 1.92. The fourth-order valence-electron chi connectivity index (χ4n) is 1.16. The van der Waals surface area contributed by atoms with Crippen LogP contribution in [0.3, 0.4) is 0 Å². The minimum absolute atomic E-state index is 0.244. The van der Waals surface area contributed by atoms with Crippen molar-refractivity contribution in [3.8, 4) is 0 Å². The Bertz CT molecular complexity index is 98.9. The molecule has 0 amide bonds. The van der Waals surface area contributed by atoms with Crippen LogP contribution in [-0.2, 0) is 4.74 Å². The van der Waals surface area contributed by atoms with Gasteiger partial charge in [0.25, 0.3) is 0 Å². The first-order valence-electron chi connectivity index (χ1n) is 5.05. The predicted octanol–water partition coefficient (Wildman–Crippen LogP) is 0.931. The molecule has 0 fully saturated rings. The van der Waals surface area contributed by atoms with Crippen LogP contribution in [0, 0.1) is 6.92 Å². The molecule has 0 heterocycles. The Kier molecular flexibility index (Phi) is 9.87. The molecular formula is C10H22NO2. The number of likely N-dealkylation sites (N-methyl/N-ethyl adjacent to an activating group) is 1. The van der Waals surface area contributed by atoms with Crippen LogP contribution in [0.15, 0.2) is 0 Å². The van der Waals surface area contributed by atoms with Crippen LogP contribution in [0.25, 0.3) is 0 Å². The molecule has 0 aromatic heterocycles. The Morgan fingerprint density at radius 1 is 1.31 bits per heavy atom. The Morgan fingerprint density at radius 2 is 2.08 bits per heavy atom. The summed E-state index contributed by atoms with van der Waals surface area (Å²) in [6, 6.07) is 0. The van der Waals surface area contributed by atoms with Gasteiger partial charge in [-0.25, -0.2) is 0 Å². The number of nitrogens with zero attached hydrogens (tertiary/aromatic N) is 1. The van der Waals surface area contributed by atoms with Gasteiger partial charge in [-0.05, 0) is 19.4 Å². The molecule has 0 aliphatic carbocycles. The van der Waals surface area contributed by atoms with Crippen LogP contribution in [0.4, 0.5) is 0 Å². The van der Waals surface area contributed by atoms with Gasteiger partial charge >= 0.3 is 0 Å². The van der Waals surface area contributed by atoms with Crippen molar-refractivity contribution < 1.29 is 9.84 Å². The second-order valence-electron chi connectivity index (χ2n) is 2.98. The van der Waals surface area contributed by atoms with Crippen LogP contribution in [-0.4, -0.2) is 49.5 Å². The van der Waals surface area contributed by atoms with Crippen molar-refractivity contribution in [1.82, 2.24) is 4.90 Å². The third kappa shape index (κ3) is 8.22. The first kappa shape index (κ1) is 12.9. The molecule has 0 aromatic carbocycles. The maximum atomic E-state index is 8.73. The van der Waals surface area contributed by atoms with Crippen molar-refractivity contribution in [2.45, 2.75) is 19.8 Å². The third-order valence-corrected chi connectivity index (χ3v) is 1.92. The molecule has 0 aromatic rings. The first-order chi connectivity index (χ1) is 6.35. The largest absolute Gasteiger partial charge is 0.395 e. The lowest BCUT2D eigenvalue weighted by Gasteiger charge is -2.18. The Labute approximate surface area is 81.7 Å². The molecular weight excluding hydrogens is 166 g/mol. The van der Waals surface area contributed by atoms with Gasteiger partial charge in [-0.1, -0.05) is 13.8 Å². The molecule has 0 saturated carbocycles. The highest BCUT2D eigenvalue weighted by atomic mass is 16.5. The summed E-state index contributed by atoms with van der Waals surface area (Å²) in [4.78, 5) is 2.22. The van der Waals surface area contributed by atoms with Crippen molar-refractivity contribution in [1.29, 1.82) is 0 Å². The second-order valence-corrected chi connectivity index (χ2v) is 2.98. The minimum atomic E-state index is 0.244. The van der Waals surface area contributed by atoms with Crippen molar-refractivity contribution >= 4 is 0 Å². The van der Waals surface area contributed by atoms with Crippen LogP contribution in [0.2, 0.25) is 0 Å². The Morgan fingerprint density at radius 3 is 2.62 bits per heavy atom. The van der Waals surface area contributed by atoms with Gasteiger partial charge in [-0.3, -0.25) is 0 Å². The van der Waals surface area contributed by atoms with Crippen molar-refractivity contribution in [3.63, 3.8) is 0 Å². The monoisotopic (exact) mass is 188 g/mol. The molecule has 79 valence electrons. The van der Waals surface area contributed by atoms with Crippen LogP contribution in [0.1, 0.15) is 19.8 Å². The number of hydrogen-bond donors (Lipinski definition) is 1. The summed E-state index contributed by atoms with van der Waals surface area (Å²) in [7, 11) is 0. The smallest absolute Gasteiger partial charge is 0.0558 e. The fourth-order valence-corrected chi connectivity index (χ4v) is 1.16. The Balaban J connectivity index is 3.17. The van der Waals surface area contributed by atoms with Gasteiger partial charge in [-0.2, -0.15) is 0 Å². The van der Waals surface area contributed by atoms with E-state index in [2.05, 4.69) is 18.7 Å². The van der Waals surface area contributed by atoms with E-state index in [0.29, 0.717) is 0 Å². The lowest BCUT2D eigenvalue weighted by molar-refractivity contribution is 0.120. The van der Waals surface area contributed by atoms with Crippen molar-refractivity contribution in [2.24, 2.45) is 0 Å². The van der Waals surface area contributed by atoms with E-state index in [1.54, 1.807) is 0 Å². The maximum absolute atomic E-state index is 8.73. The van der Waals surface area contributed by atoms with Crippen LogP contribution < -0.4 is 0 Å². The number of aliphatic hydroxyl groups excluding tert-OH is 1. The Hall–Kier alpha value is -0.120. The van der Waals surface area contributed by atoms with Crippen LogP contribution in [0.5, 0.6) is 0 Å². The summed E-state index contributed by atoms with van der Waals surface area (Å²) < 4.78 is 5.30. The molecule has 0 unspecified atom stereocenters. The molecule has 3 heteroatoms. The summed E-state index contributed by atoms with van der Waals surface area (Å²) in [6.07, 6.45) is 1.88. The molecule has 0 saturated heterocycles. The van der Waals surface area contributed by atoms with Gasteiger partial charge in [-0.15, -0.1) is 0 Å². The van der Waals surface area contributed by atoms with E-state index in [1.165, 1.54) is 0 Å². The average molecular weight is 188 g/mol. The average Bonchev–Trinajstić information content (AvgIpc) is 2.16. The molecule has 13 heavy (non-hydrogen) atoms. The van der Waals surface area contributed by atoms with E-state index in [0.717, 1.165) is 45.7 Å². The van der Waals surface area contributed by atoms with Gasteiger partial charge in [0.05, 0.1) is 6.61 Å². The number of ether oxygens (including phenoxy) is 1. The van der Waals surface area contributed by atoms with E-state index in [-0.39, 0.29) is 6.61 Å².